The monoisotopic (exact) mass is 232 g/mol. The van der Waals surface area contributed by atoms with E-state index in [1.165, 1.54) is 38.5 Å². The lowest BCUT2D eigenvalue weighted by Crippen LogP contribution is -2.51. The molecular formula is C16H24O. The van der Waals surface area contributed by atoms with Gasteiger partial charge in [0.2, 0.25) is 0 Å². The van der Waals surface area contributed by atoms with Gasteiger partial charge in [0.25, 0.3) is 0 Å². The van der Waals surface area contributed by atoms with Crippen molar-refractivity contribution in [3.05, 3.63) is 0 Å². The van der Waals surface area contributed by atoms with E-state index in [0.29, 0.717) is 5.41 Å². The van der Waals surface area contributed by atoms with Gasteiger partial charge in [0, 0.05) is 6.42 Å². The summed E-state index contributed by atoms with van der Waals surface area (Å²) in [6.45, 7) is 0. The fourth-order valence-corrected chi connectivity index (χ4v) is 5.29. The number of aliphatic hydroxyl groups excluding tert-OH is 1. The molecule has 0 aliphatic heterocycles. The van der Waals surface area contributed by atoms with E-state index in [1.54, 1.807) is 0 Å². The number of hydrogen-bond acceptors (Lipinski definition) is 1. The Morgan fingerprint density at radius 1 is 1.12 bits per heavy atom. The average molecular weight is 232 g/mol. The third kappa shape index (κ3) is 2.02. The summed E-state index contributed by atoms with van der Waals surface area (Å²) >= 11 is 0. The molecular weight excluding hydrogens is 208 g/mol. The van der Waals surface area contributed by atoms with E-state index in [2.05, 4.69) is 5.92 Å². The normalized spacial score (nSPS) is 44.6. The van der Waals surface area contributed by atoms with E-state index in [-0.39, 0.29) is 6.10 Å². The van der Waals surface area contributed by atoms with Crippen LogP contribution in [0.25, 0.3) is 0 Å². The minimum atomic E-state index is -0.0794. The van der Waals surface area contributed by atoms with Crippen molar-refractivity contribution in [1.29, 1.82) is 0 Å². The topological polar surface area (TPSA) is 20.2 Å². The van der Waals surface area contributed by atoms with Crippen LogP contribution in [0.5, 0.6) is 0 Å². The molecule has 4 bridgehead atoms. The van der Waals surface area contributed by atoms with E-state index in [9.17, 15) is 5.11 Å². The van der Waals surface area contributed by atoms with Crippen LogP contribution in [-0.2, 0) is 0 Å². The van der Waals surface area contributed by atoms with Crippen LogP contribution >= 0.6 is 0 Å². The average Bonchev–Trinajstić information content (AvgIpc) is 2.27. The summed E-state index contributed by atoms with van der Waals surface area (Å²) < 4.78 is 0. The highest BCUT2D eigenvalue weighted by atomic mass is 16.3. The van der Waals surface area contributed by atoms with Crippen LogP contribution in [0.3, 0.4) is 0 Å². The molecule has 4 aliphatic carbocycles. The van der Waals surface area contributed by atoms with Gasteiger partial charge in [0.15, 0.2) is 0 Å². The maximum absolute atomic E-state index is 10.6. The molecule has 1 nitrogen and oxygen atoms in total. The van der Waals surface area contributed by atoms with Crippen LogP contribution in [0, 0.1) is 35.5 Å². The first-order valence-electron chi connectivity index (χ1n) is 7.33. The van der Waals surface area contributed by atoms with E-state index in [4.69, 9.17) is 6.42 Å². The molecule has 0 heterocycles. The molecule has 0 saturated heterocycles. The zero-order valence-corrected chi connectivity index (χ0v) is 10.7. The van der Waals surface area contributed by atoms with Crippen LogP contribution < -0.4 is 0 Å². The van der Waals surface area contributed by atoms with Crippen molar-refractivity contribution in [1.82, 2.24) is 0 Å². The number of rotatable bonds is 4. The van der Waals surface area contributed by atoms with E-state index >= 15 is 0 Å². The van der Waals surface area contributed by atoms with Crippen molar-refractivity contribution >= 4 is 0 Å². The minimum absolute atomic E-state index is 0.0794. The molecule has 0 amide bonds. The van der Waals surface area contributed by atoms with Gasteiger partial charge in [-0.05, 0) is 74.5 Å². The number of unbranched alkanes of at least 4 members (excludes halogenated alkanes) is 1. The number of aliphatic hydroxyl groups is 1. The summed E-state index contributed by atoms with van der Waals surface area (Å²) in [5.41, 5.74) is 0.295. The Morgan fingerprint density at radius 2 is 1.65 bits per heavy atom. The lowest BCUT2D eigenvalue weighted by molar-refractivity contribution is -0.122. The highest BCUT2D eigenvalue weighted by Crippen LogP contribution is 2.61. The lowest BCUT2D eigenvalue weighted by atomic mass is 9.48. The smallest absolute Gasteiger partial charge is 0.0597 e. The van der Waals surface area contributed by atoms with Gasteiger partial charge in [-0.15, -0.1) is 12.3 Å². The molecule has 0 spiro atoms. The second-order valence-electron chi connectivity index (χ2n) is 6.89. The lowest BCUT2D eigenvalue weighted by Gasteiger charge is -2.58. The molecule has 4 aliphatic rings. The first-order chi connectivity index (χ1) is 8.22. The summed E-state index contributed by atoms with van der Waals surface area (Å²) in [4.78, 5) is 0. The molecule has 94 valence electrons. The van der Waals surface area contributed by atoms with Crippen molar-refractivity contribution in [3.63, 3.8) is 0 Å². The van der Waals surface area contributed by atoms with Gasteiger partial charge in [-0.2, -0.15) is 0 Å². The Kier molecular flexibility index (Phi) is 2.95. The van der Waals surface area contributed by atoms with E-state index in [1.807, 2.05) is 0 Å². The third-order valence-electron chi connectivity index (χ3n) is 5.59. The second-order valence-corrected chi connectivity index (χ2v) is 6.89. The maximum atomic E-state index is 10.6. The second kappa shape index (κ2) is 4.32. The molecule has 1 unspecified atom stereocenters. The Hall–Kier alpha value is -0.480. The summed E-state index contributed by atoms with van der Waals surface area (Å²) in [6.07, 6.45) is 16.2. The van der Waals surface area contributed by atoms with Crippen molar-refractivity contribution in [2.24, 2.45) is 23.2 Å². The highest BCUT2D eigenvalue weighted by molar-refractivity contribution is 5.04. The fourth-order valence-electron chi connectivity index (χ4n) is 5.29. The first-order valence-corrected chi connectivity index (χ1v) is 7.33. The zero-order valence-electron chi connectivity index (χ0n) is 10.7. The molecule has 0 aromatic rings. The standard InChI is InChI=1S/C16H24O/c1-2-3-4-5-15(17)16-9-12-6-13(10-16)8-14(7-12)11-16/h1,12-15,17H,3-11H2. The van der Waals surface area contributed by atoms with Crippen LogP contribution in [0.1, 0.15) is 57.8 Å². The fraction of sp³-hybridized carbons (Fsp3) is 0.875. The van der Waals surface area contributed by atoms with Gasteiger partial charge in [-0.1, -0.05) is 0 Å². The maximum Gasteiger partial charge on any atom is 0.0597 e. The molecule has 0 aromatic carbocycles. The van der Waals surface area contributed by atoms with Gasteiger partial charge < -0.3 is 5.11 Å². The summed E-state index contributed by atoms with van der Waals surface area (Å²) in [6, 6.07) is 0. The third-order valence-corrected chi connectivity index (χ3v) is 5.59. The molecule has 1 heteroatoms. The highest BCUT2D eigenvalue weighted by Gasteiger charge is 2.53. The first kappa shape index (κ1) is 11.6. The predicted molar refractivity (Wildman–Crippen MR) is 69.3 cm³/mol. The van der Waals surface area contributed by atoms with E-state index < -0.39 is 0 Å². The Labute approximate surface area is 105 Å². The SMILES string of the molecule is C#CCCCC(O)C12CC3CC(CC(C3)C1)C2. The number of hydrogen-bond donors (Lipinski definition) is 1. The molecule has 0 radical (unpaired) electrons. The molecule has 0 aromatic heterocycles. The Bertz CT molecular complexity index is 290. The zero-order chi connectivity index (χ0) is 11.9. The van der Waals surface area contributed by atoms with Crippen LogP contribution in [0.15, 0.2) is 0 Å². The summed E-state index contributed by atoms with van der Waals surface area (Å²) in [5.74, 6) is 5.49. The van der Waals surface area contributed by atoms with Gasteiger partial charge in [-0.3, -0.25) is 0 Å². The predicted octanol–water partition coefficient (Wildman–Crippen LogP) is 3.37. The van der Waals surface area contributed by atoms with Gasteiger partial charge in [0.05, 0.1) is 6.10 Å². The number of terminal acetylenes is 1. The Morgan fingerprint density at radius 3 is 2.12 bits per heavy atom. The minimum Gasteiger partial charge on any atom is -0.393 e. The van der Waals surface area contributed by atoms with Crippen LogP contribution in [0.2, 0.25) is 0 Å². The molecule has 1 N–H and O–H groups in total. The molecule has 4 rings (SSSR count). The van der Waals surface area contributed by atoms with Crippen molar-refractivity contribution < 1.29 is 5.11 Å². The van der Waals surface area contributed by atoms with Crippen LogP contribution in [-0.4, -0.2) is 11.2 Å². The van der Waals surface area contributed by atoms with E-state index in [0.717, 1.165) is 37.0 Å². The largest absolute Gasteiger partial charge is 0.393 e. The summed E-state index contributed by atoms with van der Waals surface area (Å²) in [7, 11) is 0. The van der Waals surface area contributed by atoms with Crippen LogP contribution in [0.4, 0.5) is 0 Å². The molecule has 17 heavy (non-hydrogen) atoms. The van der Waals surface area contributed by atoms with Gasteiger partial charge in [-0.25, -0.2) is 0 Å². The molecule has 1 atom stereocenters. The molecule has 4 saturated carbocycles. The molecule has 4 fully saturated rings. The quantitative estimate of drug-likeness (QED) is 0.582. The van der Waals surface area contributed by atoms with Crippen molar-refractivity contribution in [3.8, 4) is 12.3 Å². The van der Waals surface area contributed by atoms with Gasteiger partial charge >= 0.3 is 0 Å². The summed E-state index contributed by atoms with van der Waals surface area (Å²) in [5, 5.41) is 10.6. The Balaban J connectivity index is 1.67. The van der Waals surface area contributed by atoms with Gasteiger partial charge in [0.1, 0.15) is 0 Å². The van der Waals surface area contributed by atoms with Crippen molar-refractivity contribution in [2.45, 2.75) is 63.9 Å². The van der Waals surface area contributed by atoms with Crippen molar-refractivity contribution in [2.75, 3.05) is 0 Å².